The van der Waals surface area contributed by atoms with Gasteiger partial charge < -0.3 is 7.43 Å². The molecule has 0 saturated carbocycles. The Labute approximate surface area is 94.9 Å². The van der Waals surface area contributed by atoms with E-state index in [0.717, 1.165) is 0 Å². The molecular weight excluding hydrogens is 151 g/mol. The standard InChI is InChI=1S/C11H16.CH3.Li/c1-2-3-5-8-11-9-6-4-7-10-11;;/h4,6-7,9-10H,2-3,5,8H2,1H3;1H3;/q;-1;+1. The normalized spacial score (nSPS) is 8.38. The maximum absolute atomic E-state index is 2.24. The molecule has 0 heterocycles. The molecule has 0 N–H and O–H groups in total. The molecular formula is C12H19Li. The first-order valence-electron chi connectivity index (χ1n) is 4.47. The van der Waals surface area contributed by atoms with Gasteiger partial charge in [0.15, 0.2) is 0 Å². The van der Waals surface area contributed by atoms with Crippen molar-refractivity contribution in [2.45, 2.75) is 32.6 Å². The van der Waals surface area contributed by atoms with Gasteiger partial charge in [-0.3, -0.25) is 0 Å². The van der Waals surface area contributed by atoms with Crippen LogP contribution in [0.15, 0.2) is 30.3 Å². The fourth-order valence-electron chi connectivity index (χ4n) is 1.22. The molecule has 0 amide bonds. The molecule has 0 atom stereocenters. The fourth-order valence-corrected chi connectivity index (χ4v) is 1.22. The zero-order valence-electron chi connectivity index (χ0n) is 9.22. The zero-order chi connectivity index (χ0) is 7.94. The Morgan fingerprint density at radius 1 is 1.00 bits per heavy atom. The van der Waals surface area contributed by atoms with E-state index in [1.54, 1.807) is 0 Å². The summed E-state index contributed by atoms with van der Waals surface area (Å²) in [6.45, 7) is 2.24. The van der Waals surface area contributed by atoms with Gasteiger partial charge in [-0.2, -0.15) is 0 Å². The molecule has 0 nitrogen and oxygen atoms in total. The minimum absolute atomic E-state index is 0. The molecule has 1 aromatic carbocycles. The Kier molecular flexibility index (Phi) is 11.7. The third-order valence-electron chi connectivity index (χ3n) is 1.91. The molecule has 1 heteroatoms. The molecule has 0 aliphatic heterocycles. The van der Waals surface area contributed by atoms with Crippen LogP contribution in [0.3, 0.4) is 0 Å². The van der Waals surface area contributed by atoms with Crippen LogP contribution in [-0.2, 0) is 6.42 Å². The van der Waals surface area contributed by atoms with Crippen LogP contribution in [0, 0.1) is 7.43 Å². The van der Waals surface area contributed by atoms with Crippen LogP contribution in [0.25, 0.3) is 0 Å². The largest absolute Gasteiger partial charge is 1.00 e. The predicted octanol–water partition coefficient (Wildman–Crippen LogP) is 0.874. The summed E-state index contributed by atoms with van der Waals surface area (Å²) >= 11 is 0. The first kappa shape index (κ1) is 15.3. The van der Waals surface area contributed by atoms with Gasteiger partial charge in [0.1, 0.15) is 0 Å². The summed E-state index contributed by atoms with van der Waals surface area (Å²) in [6, 6.07) is 10.7. The SMILES string of the molecule is CCCCCc1ccccc1.[CH3-].[Li+]. The van der Waals surface area contributed by atoms with Crippen LogP contribution in [-0.4, -0.2) is 0 Å². The fraction of sp³-hybridized carbons (Fsp3) is 0.417. The van der Waals surface area contributed by atoms with Crippen LogP contribution in [0.2, 0.25) is 0 Å². The van der Waals surface area contributed by atoms with E-state index in [0.29, 0.717) is 0 Å². The molecule has 68 valence electrons. The molecule has 0 aliphatic rings. The van der Waals surface area contributed by atoms with Crippen molar-refractivity contribution in [3.8, 4) is 0 Å². The van der Waals surface area contributed by atoms with E-state index >= 15 is 0 Å². The van der Waals surface area contributed by atoms with E-state index in [9.17, 15) is 0 Å². The summed E-state index contributed by atoms with van der Waals surface area (Å²) in [7, 11) is 0. The van der Waals surface area contributed by atoms with Gasteiger partial charge in [-0.15, -0.1) is 0 Å². The van der Waals surface area contributed by atoms with E-state index < -0.39 is 0 Å². The summed E-state index contributed by atoms with van der Waals surface area (Å²) in [6.07, 6.45) is 5.25. The van der Waals surface area contributed by atoms with Crippen LogP contribution in [0.1, 0.15) is 31.7 Å². The van der Waals surface area contributed by atoms with E-state index in [1.807, 2.05) is 0 Å². The molecule has 1 aromatic rings. The van der Waals surface area contributed by atoms with Gasteiger partial charge in [-0.1, -0.05) is 50.1 Å². The van der Waals surface area contributed by atoms with Crippen molar-refractivity contribution in [1.82, 2.24) is 0 Å². The Bertz CT molecular complexity index is 182. The Morgan fingerprint density at radius 3 is 2.15 bits per heavy atom. The Balaban J connectivity index is 0. The minimum Gasteiger partial charge on any atom is -0.358 e. The van der Waals surface area contributed by atoms with Crippen molar-refractivity contribution in [2.75, 3.05) is 0 Å². The molecule has 0 saturated heterocycles. The molecule has 0 aromatic heterocycles. The van der Waals surface area contributed by atoms with E-state index in [4.69, 9.17) is 0 Å². The average Bonchev–Trinajstić information content (AvgIpc) is 2.07. The molecule has 0 radical (unpaired) electrons. The van der Waals surface area contributed by atoms with Gasteiger partial charge in [-0.05, 0) is 18.4 Å². The number of benzene rings is 1. The van der Waals surface area contributed by atoms with Gasteiger partial charge in [0, 0.05) is 0 Å². The van der Waals surface area contributed by atoms with Crippen LogP contribution in [0.4, 0.5) is 0 Å². The van der Waals surface area contributed by atoms with Gasteiger partial charge in [0.2, 0.25) is 0 Å². The smallest absolute Gasteiger partial charge is 0.358 e. The summed E-state index contributed by atoms with van der Waals surface area (Å²) in [5.41, 5.74) is 1.47. The van der Waals surface area contributed by atoms with Gasteiger partial charge in [0.25, 0.3) is 0 Å². The van der Waals surface area contributed by atoms with Crippen molar-refractivity contribution >= 4 is 0 Å². The predicted molar refractivity (Wildman–Crippen MR) is 56.1 cm³/mol. The van der Waals surface area contributed by atoms with Crippen molar-refractivity contribution in [3.63, 3.8) is 0 Å². The van der Waals surface area contributed by atoms with Crippen molar-refractivity contribution in [3.05, 3.63) is 43.3 Å². The zero-order valence-corrected chi connectivity index (χ0v) is 9.22. The molecule has 0 bridgehead atoms. The third kappa shape index (κ3) is 6.93. The molecule has 13 heavy (non-hydrogen) atoms. The first-order valence-corrected chi connectivity index (χ1v) is 4.47. The van der Waals surface area contributed by atoms with Crippen LogP contribution in [0.5, 0.6) is 0 Å². The van der Waals surface area contributed by atoms with Gasteiger partial charge in [-0.25, -0.2) is 0 Å². The second-order valence-corrected chi connectivity index (χ2v) is 2.94. The van der Waals surface area contributed by atoms with Crippen LogP contribution < -0.4 is 18.9 Å². The quantitative estimate of drug-likeness (QED) is 0.357. The summed E-state index contributed by atoms with van der Waals surface area (Å²) < 4.78 is 0. The van der Waals surface area contributed by atoms with E-state index in [2.05, 4.69) is 37.3 Å². The van der Waals surface area contributed by atoms with Gasteiger partial charge in [0.05, 0.1) is 0 Å². The Hall–Kier alpha value is -0.183. The van der Waals surface area contributed by atoms with Crippen molar-refractivity contribution in [2.24, 2.45) is 0 Å². The number of aryl methyl sites for hydroxylation is 1. The summed E-state index contributed by atoms with van der Waals surface area (Å²) in [4.78, 5) is 0. The topological polar surface area (TPSA) is 0 Å². The number of unbranched alkanes of at least 4 members (excludes halogenated alkanes) is 2. The molecule has 0 unspecified atom stereocenters. The Morgan fingerprint density at radius 2 is 1.62 bits per heavy atom. The number of rotatable bonds is 4. The minimum atomic E-state index is 0. The molecule has 0 fully saturated rings. The molecule has 0 aliphatic carbocycles. The van der Waals surface area contributed by atoms with Crippen LogP contribution >= 0.6 is 0 Å². The number of hydrogen-bond acceptors (Lipinski definition) is 0. The van der Waals surface area contributed by atoms with E-state index in [1.165, 1.54) is 31.2 Å². The van der Waals surface area contributed by atoms with Crippen molar-refractivity contribution < 1.29 is 18.9 Å². The second-order valence-electron chi connectivity index (χ2n) is 2.94. The second kappa shape index (κ2) is 9.90. The van der Waals surface area contributed by atoms with Crippen molar-refractivity contribution in [1.29, 1.82) is 0 Å². The maximum atomic E-state index is 2.24. The molecule has 0 spiro atoms. The summed E-state index contributed by atoms with van der Waals surface area (Å²) in [5.74, 6) is 0. The van der Waals surface area contributed by atoms with Gasteiger partial charge >= 0.3 is 18.9 Å². The average molecular weight is 170 g/mol. The van der Waals surface area contributed by atoms with E-state index in [-0.39, 0.29) is 26.3 Å². The number of hydrogen-bond donors (Lipinski definition) is 0. The first-order chi connectivity index (χ1) is 5.43. The monoisotopic (exact) mass is 170 g/mol. The maximum Gasteiger partial charge on any atom is 1.00 e. The third-order valence-corrected chi connectivity index (χ3v) is 1.91. The molecule has 1 rings (SSSR count). The summed E-state index contributed by atoms with van der Waals surface area (Å²) in [5, 5.41) is 0.